The Morgan fingerprint density at radius 1 is 1.07 bits per heavy atom. The van der Waals surface area contributed by atoms with Gasteiger partial charge in [0, 0.05) is 24.1 Å². The maximum atomic E-state index is 9.79. The highest BCUT2D eigenvalue weighted by molar-refractivity contribution is 7.71. The number of fused-ring (bicyclic) bond motifs is 1. The number of ether oxygens (including phenoxy) is 2. The molecule has 1 aromatic heterocycles. The Hall–Kier alpha value is -2.68. The molecule has 2 aromatic carbocycles. The van der Waals surface area contributed by atoms with E-state index in [2.05, 4.69) is 0 Å². The zero-order valence-corrected chi connectivity index (χ0v) is 16.8. The second-order valence-corrected chi connectivity index (χ2v) is 7.85. The van der Waals surface area contributed by atoms with Crippen LogP contribution in [0.1, 0.15) is 12.8 Å². The molecule has 0 aliphatic carbocycles. The van der Waals surface area contributed by atoms with Crippen molar-refractivity contribution in [2.45, 2.75) is 25.6 Å². The van der Waals surface area contributed by atoms with E-state index in [-0.39, 0.29) is 12.9 Å². The molecule has 0 bridgehead atoms. The Labute approximate surface area is 173 Å². The van der Waals surface area contributed by atoms with Gasteiger partial charge >= 0.3 is 0 Å². The molecule has 0 saturated carbocycles. The van der Waals surface area contributed by atoms with Crippen molar-refractivity contribution in [2.75, 3.05) is 19.9 Å². The highest BCUT2D eigenvalue weighted by Crippen LogP contribution is 2.36. The summed E-state index contributed by atoms with van der Waals surface area (Å²) in [5.41, 5.74) is 1.90. The molecule has 0 amide bonds. The first kappa shape index (κ1) is 18.4. The van der Waals surface area contributed by atoms with Gasteiger partial charge < -0.3 is 19.5 Å². The van der Waals surface area contributed by atoms with E-state index in [4.69, 9.17) is 26.8 Å². The quantitative estimate of drug-likeness (QED) is 0.641. The van der Waals surface area contributed by atoms with Gasteiger partial charge in [-0.15, -0.1) is 5.10 Å². The molecule has 2 aliphatic rings. The van der Waals surface area contributed by atoms with Crippen molar-refractivity contribution < 1.29 is 19.5 Å². The van der Waals surface area contributed by atoms with E-state index in [1.165, 1.54) is 4.90 Å². The first-order chi connectivity index (χ1) is 14.2. The lowest BCUT2D eigenvalue weighted by Crippen LogP contribution is -3.12. The standard InChI is InChI=1S/C21H22N4O3S/c26-17-8-10-23(11-9-17)13-24-21(29)25(16-4-2-1-3-5-16)20(22-24)15-6-7-18-19(12-15)28-14-27-18/h1-7,12,17,26H,8-11,13-14H2/p+1. The summed E-state index contributed by atoms with van der Waals surface area (Å²) in [6.07, 6.45) is 1.45. The largest absolute Gasteiger partial charge is 0.454 e. The van der Waals surface area contributed by atoms with Crippen molar-refractivity contribution in [3.8, 4) is 28.6 Å². The number of aromatic nitrogens is 3. The smallest absolute Gasteiger partial charge is 0.231 e. The minimum absolute atomic E-state index is 0.183. The molecule has 2 aliphatic heterocycles. The topological polar surface area (TPSA) is 65.9 Å². The van der Waals surface area contributed by atoms with Gasteiger partial charge in [-0.3, -0.25) is 4.57 Å². The summed E-state index contributed by atoms with van der Waals surface area (Å²) in [5.74, 6) is 2.24. The molecule has 1 saturated heterocycles. The average molecular weight is 412 g/mol. The minimum atomic E-state index is -0.183. The van der Waals surface area contributed by atoms with E-state index < -0.39 is 0 Å². The SMILES string of the molecule is OC1CC[NH+](Cn2nc(-c3ccc4c(c3)OCO4)n(-c3ccccc3)c2=S)CC1. The van der Waals surface area contributed by atoms with Crippen LogP contribution in [0.15, 0.2) is 48.5 Å². The molecule has 2 N–H and O–H groups in total. The van der Waals surface area contributed by atoms with E-state index in [0.717, 1.165) is 54.5 Å². The molecule has 0 radical (unpaired) electrons. The molecular weight excluding hydrogens is 388 g/mol. The Morgan fingerprint density at radius 2 is 1.83 bits per heavy atom. The number of nitrogens with one attached hydrogen (secondary N) is 1. The van der Waals surface area contributed by atoms with E-state index in [1.807, 2.05) is 57.8 Å². The zero-order valence-electron chi connectivity index (χ0n) is 16.0. The van der Waals surface area contributed by atoms with Crippen LogP contribution in [0.2, 0.25) is 0 Å². The van der Waals surface area contributed by atoms with Gasteiger partial charge in [-0.25, -0.2) is 0 Å². The van der Waals surface area contributed by atoms with Crippen LogP contribution in [0.3, 0.4) is 0 Å². The predicted molar refractivity (Wildman–Crippen MR) is 110 cm³/mol. The molecule has 0 atom stereocenters. The first-order valence-electron chi connectivity index (χ1n) is 9.86. The molecule has 1 fully saturated rings. The molecule has 8 heteroatoms. The number of hydrogen-bond donors (Lipinski definition) is 2. The summed E-state index contributed by atoms with van der Waals surface area (Å²) in [4.78, 5) is 1.38. The number of rotatable bonds is 4. The van der Waals surface area contributed by atoms with E-state index in [9.17, 15) is 5.11 Å². The number of likely N-dealkylation sites (tertiary alicyclic amines) is 1. The van der Waals surface area contributed by atoms with Crippen LogP contribution in [-0.2, 0) is 6.67 Å². The van der Waals surface area contributed by atoms with Crippen LogP contribution < -0.4 is 14.4 Å². The molecule has 150 valence electrons. The normalized spacial score (nSPS) is 20.7. The predicted octanol–water partition coefficient (Wildman–Crippen LogP) is 1.80. The minimum Gasteiger partial charge on any atom is -0.454 e. The molecule has 7 nitrogen and oxygen atoms in total. The molecule has 0 unspecified atom stereocenters. The van der Waals surface area contributed by atoms with Crippen LogP contribution in [-0.4, -0.2) is 45.4 Å². The van der Waals surface area contributed by atoms with E-state index >= 15 is 0 Å². The number of hydrogen-bond acceptors (Lipinski definition) is 5. The number of para-hydroxylation sites is 1. The van der Waals surface area contributed by atoms with Gasteiger partial charge in [0.25, 0.3) is 0 Å². The fraction of sp³-hybridized carbons (Fsp3) is 0.333. The van der Waals surface area contributed by atoms with Crippen LogP contribution in [0.25, 0.3) is 17.1 Å². The first-order valence-corrected chi connectivity index (χ1v) is 10.3. The van der Waals surface area contributed by atoms with Crippen molar-refractivity contribution in [3.05, 3.63) is 53.3 Å². The summed E-state index contributed by atoms with van der Waals surface area (Å²) in [6.45, 7) is 2.76. The number of piperidine rings is 1. The Kier molecular flexibility index (Phi) is 4.83. The maximum absolute atomic E-state index is 9.79. The van der Waals surface area contributed by atoms with Crippen molar-refractivity contribution in [1.82, 2.24) is 14.3 Å². The second kappa shape index (κ2) is 7.62. The van der Waals surface area contributed by atoms with Gasteiger partial charge in [0.05, 0.1) is 19.2 Å². The third-order valence-electron chi connectivity index (χ3n) is 5.52. The number of nitrogens with zero attached hydrogens (tertiary/aromatic N) is 3. The highest BCUT2D eigenvalue weighted by atomic mass is 32.1. The van der Waals surface area contributed by atoms with E-state index in [1.54, 1.807) is 0 Å². The fourth-order valence-corrected chi connectivity index (χ4v) is 4.22. The summed E-state index contributed by atoms with van der Waals surface area (Å²) in [7, 11) is 0. The van der Waals surface area contributed by atoms with Gasteiger partial charge in [-0.2, -0.15) is 4.68 Å². The van der Waals surface area contributed by atoms with Crippen LogP contribution in [0.4, 0.5) is 0 Å². The Bertz CT molecular complexity index is 1070. The summed E-state index contributed by atoms with van der Waals surface area (Å²) < 4.78 is 15.6. The second-order valence-electron chi connectivity index (χ2n) is 7.48. The van der Waals surface area contributed by atoms with Gasteiger partial charge in [0.15, 0.2) is 24.0 Å². The van der Waals surface area contributed by atoms with Crippen molar-refractivity contribution in [2.24, 2.45) is 0 Å². The van der Waals surface area contributed by atoms with Crippen LogP contribution in [0.5, 0.6) is 11.5 Å². The number of benzene rings is 2. The fourth-order valence-electron chi connectivity index (χ4n) is 3.92. The molecule has 3 aromatic rings. The van der Waals surface area contributed by atoms with Crippen molar-refractivity contribution in [1.29, 1.82) is 0 Å². The van der Waals surface area contributed by atoms with Crippen LogP contribution in [0, 0.1) is 4.77 Å². The summed E-state index contributed by atoms with van der Waals surface area (Å²) in [6, 6.07) is 15.9. The average Bonchev–Trinajstić information content (AvgIpc) is 3.34. The lowest BCUT2D eigenvalue weighted by molar-refractivity contribution is -0.929. The zero-order chi connectivity index (χ0) is 19.8. The Balaban J connectivity index is 1.57. The molecule has 29 heavy (non-hydrogen) atoms. The van der Waals surface area contributed by atoms with Crippen LogP contribution >= 0.6 is 12.2 Å². The number of aliphatic hydroxyl groups is 1. The summed E-state index contributed by atoms with van der Waals surface area (Å²) >= 11 is 5.83. The van der Waals surface area contributed by atoms with Gasteiger partial charge in [-0.1, -0.05) is 18.2 Å². The lowest BCUT2D eigenvalue weighted by atomic mass is 10.1. The monoisotopic (exact) mass is 411 g/mol. The van der Waals surface area contributed by atoms with Crippen molar-refractivity contribution in [3.63, 3.8) is 0 Å². The highest BCUT2D eigenvalue weighted by Gasteiger charge is 2.23. The third kappa shape index (κ3) is 3.55. The van der Waals surface area contributed by atoms with Gasteiger partial charge in [-0.05, 0) is 42.5 Å². The van der Waals surface area contributed by atoms with Gasteiger partial charge in [0.1, 0.15) is 0 Å². The lowest BCUT2D eigenvalue weighted by Gasteiger charge is -2.26. The summed E-state index contributed by atoms with van der Waals surface area (Å²) in [5, 5.41) is 14.7. The van der Waals surface area contributed by atoms with Crippen molar-refractivity contribution >= 4 is 12.2 Å². The maximum Gasteiger partial charge on any atom is 0.231 e. The van der Waals surface area contributed by atoms with Gasteiger partial charge in [0.2, 0.25) is 11.6 Å². The molecule has 5 rings (SSSR count). The third-order valence-corrected chi connectivity index (χ3v) is 5.91. The van der Waals surface area contributed by atoms with E-state index in [0.29, 0.717) is 11.4 Å². The molecular formula is C21H23N4O3S+. The number of quaternary nitrogens is 1. The number of aliphatic hydroxyl groups excluding tert-OH is 1. The molecule has 0 spiro atoms. The molecule has 3 heterocycles. The Morgan fingerprint density at radius 3 is 2.62 bits per heavy atom.